The molecule has 0 atom stereocenters. The van der Waals surface area contributed by atoms with Gasteiger partial charge >= 0.3 is 6.03 Å². The number of rotatable bonds is 9. The molecule has 3 aromatic carbocycles. The fourth-order valence-electron chi connectivity index (χ4n) is 3.82. The van der Waals surface area contributed by atoms with E-state index in [9.17, 15) is 29.3 Å². The molecule has 1 saturated heterocycles. The number of ether oxygens (including phenoxy) is 2. The van der Waals surface area contributed by atoms with Gasteiger partial charge in [0.25, 0.3) is 23.4 Å². The number of nitro groups is 1. The number of carbonyl (C=O) groups is 4. The van der Waals surface area contributed by atoms with Crippen LogP contribution in [0.4, 0.5) is 21.9 Å². The van der Waals surface area contributed by atoms with E-state index in [0.717, 1.165) is 11.6 Å². The number of benzene rings is 3. The summed E-state index contributed by atoms with van der Waals surface area (Å²) in [5.74, 6) is -1.87. The molecule has 0 unspecified atom stereocenters. The zero-order chi connectivity index (χ0) is 29.7. The minimum atomic E-state index is -1.04. The summed E-state index contributed by atoms with van der Waals surface area (Å²) < 4.78 is 11.3. The molecule has 1 heterocycles. The Labute approximate surface area is 238 Å². The van der Waals surface area contributed by atoms with Crippen molar-refractivity contribution in [3.8, 4) is 11.5 Å². The average Bonchev–Trinajstić information content (AvgIpc) is 2.93. The zero-order valence-electron chi connectivity index (χ0n) is 21.8. The van der Waals surface area contributed by atoms with Gasteiger partial charge in [0.2, 0.25) is 0 Å². The Morgan fingerprint density at radius 1 is 1.07 bits per heavy atom. The van der Waals surface area contributed by atoms with Gasteiger partial charge in [-0.2, -0.15) is 0 Å². The number of urea groups is 1. The van der Waals surface area contributed by atoms with Crippen LogP contribution in [0.15, 0.2) is 66.2 Å². The first kappa shape index (κ1) is 28.8. The van der Waals surface area contributed by atoms with Crippen molar-refractivity contribution in [2.24, 2.45) is 0 Å². The number of halogens is 1. The highest BCUT2D eigenvalue weighted by Crippen LogP contribution is 2.31. The van der Waals surface area contributed by atoms with Crippen molar-refractivity contribution in [2.45, 2.75) is 13.8 Å². The summed E-state index contributed by atoms with van der Waals surface area (Å²) in [6, 6.07) is 13.5. The monoisotopic (exact) mass is 578 g/mol. The predicted molar refractivity (Wildman–Crippen MR) is 150 cm³/mol. The molecule has 1 fully saturated rings. The molecule has 3 aromatic rings. The van der Waals surface area contributed by atoms with Crippen molar-refractivity contribution in [1.29, 1.82) is 0 Å². The van der Waals surface area contributed by atoms with Gasteiger partial charge in [0, 0.05) is 22.8 Å². The molecule has 5 amide bonds. The minimum absolute atomic E-state index is 0.0787. The molecule has 0 radical (unpaired) electrons. The molecule has 0 bridgehead atoms. The zero-order valence-corrected chi connectivity index (χ0v) is 22.6. The van der Waals surface area contributed by atoms with Crippen LogP contribution in [0.1, 0.15) is 18.1 Å². The van der Waals surface area contributed by atoms with E-state index >= 15 is 0 Å². The van der Waals surface area contributed by atoms with Crippen LogP contribution in [0.3, 0.4) is 0 Å². The number of imide groups is 2. The Bertz CT molecular complexity index is 1600. The maximum atomic E-state index is 13.2. The van der Waals surface area contributed by atoms with E-state index in [1.165, 1.54) is 42.5 Å². The largest absolute Gasteiger partial charge is 0.490 e. The predicted octanol–water partition coefficient (Wildman–Crippen LogP) is 4.64. The number of aryl methyl sites for hydroxylation is 1. The summed E-state index contributed by atoms with van der Waals surface area (Å²) in [6.45, 7) is 3.49. The van der Waals surface area contributed by atoms with Crippen LogP contribution in [-0.4, -0.2) is 41.9 Å². The third-order valence-electron chi connectivity index (χ3n) is 5.79. The van der Waals surface area contributed by atoms with Crippen molar-refractivity contribution < 1.29 is 33.6 Å². The lowest BCUT2D eigenvalue weighted by Gasteiger charge is -2.26. The van der Waals surface area contributed by atoms with Gasteiger partial charge in [-0.25, -0.2) is 9.69 Å². The lowest BCUT2D eigenvalue weighted by Crippen LogP contribution is -2.54. The third-order valence-corrected chi connectivity index (χ3v) is 6.20. The van der Waals surface area contributed by atoms with Crippen molar-refractivity contribution in [1.82, 2.24) is 5.32 Å². The SMILES string of the molecule is CCOc1cc(/C=C2/C(=O)NC(=O)N(c3cccc([N+](=O)[O-])c3)C2=O)ccc1OCC(=O)Nc1ccc(C)c(Cl)c1. The summed E-state index contributed by atoms with van der Waals surface area (Å²) in [5.41, 5.74) is 0.931. The van der Waals surface area contributed by atoms with Gasteiger partial charge in [-0.05, 0) is 61.4 Å². The summed E-state index contributed by atoms with van der Waals surface area (Å²) in [4.78, 5) is 61.7. The van der Waals surface area contributed by atoms with Crippen LogP contribution >= 0.6 is 11.6 Å². The molecule has 2 N–H and O–H groups in total. The van der Waals surface area contributed by atoms with Gasteiger partial charge in [0.1, 0.15) is 5.57 Å². The summed E-state index contributed by atoms with van der Waals surface area (Å²) in [6.07, 6.45) is 1.24. The molecule has 0 saturated carbocycles. The first-order valence-corrected chi connectivity index (χ1v) is 12.6. The molecule has 210 valence electrons. The Hall–Kier alpha value is -5.23. The topological polar surface area (TPSA) is 157 Å². The molecule has 4 rings (SSSR count). The number of nitrogens with one attached hydrogen (secondary N) is 2. The number of amides is 5. The van der Waals surface area contributed by atoms with Crippen molar-refractivity contribution >= 4 is 58.5 Å². The molecular weight excluding hydrogens is 556 g/mol. The summed E-state index contributed by atoms with van der Waals surface area (Å²) in [5, 5.41) is 16.4. The average molecular weight is 579 g/mol. The van der Waals surface area contributed by atoms with Crippen molar-refractivity contribution in [3.63, 3.8) is 0 Å². The smallest absolute Gasteiger partial charge is 0.335 e. The van der Waals surface area contributed by atoms with E-state index in [1.807, 2.05) is 6.92 Å². The highest BCUT2D eigenvalue weighted by molar-refractivity contribution is 6.39. The molecular formula is C28H23ClN4O8. The highest BCUT2D eigenvalue weighted by atomic mass is 35.5. The van der Waals surface area contributed by atoms with Gasteiger partial charge in [-0.15, -0.1) is 0 Å². The highest BCUT2D eigenvalue weighted by Gasteiger charge is 2.37. The maximum absolute atomic E-state index is 13.2. The van der Waals surface area contributed by atoms with Crippen LogP contribution in [-0.2, 0) is 14.4 Å². The quantitative estimate of drug-likeness (QED) is 0.161. The first-order valence-electron chi connectivity index (χ1n) is 12.2. The van der Waals surface area contributed by atoms with Gasteiger partial charge in [0.05, 0.1) is 17.2 Å². The Morgan fingerprint density at radius 3 is 2.56 bits per heavy atom. The molecule has 0 aromatic heterocycles. The van der Waals surface area contributed by atoms with Gasteiger partial charge < -0.3 is 14.8 Å². The van der Waals surface area contributed by atoms with E-state index in [4.69, 9.17) is 21.1 Å². The number of hydrogen-bond acceptors (Lipinski definition) is 8. The lowest BCUT2D eigenvalue weighted by molar-refractivity contribution is -0.384. The van der Waals surface area contributed by atoms with Crippen LogP contribution < -0.4 is 25.0 Å². The Kier molecular flexibility index (Phi) is 8.63. The normalized spacial score (nSPS) is 14.1. The van der Waals surface area contributed by atoms with Crippen molar-refractivity contribution in [3.05, 3.63) is 92.5 Å². The van der Waals surface area contributed by atoms with Crippen LogP contribution in [0.2, 0.25) is 5.02 Å². The second-order valence-electron chi connectivity index (χ2n) is 8.67. The maximum Gasteiger partial charge on any atom is 0.335 e. The van der Waals surface area contributed by atoms with E-state index < -0.39 is 28.7 Å². The second-order valence-corrected chi connectivity index (χ2v) is 9.08. The third kappa shape index (κ3) is 6.68. The Balaban J connectivity index is 1.54. The van der Waals surface area contributed by atoms with Crippen LogP contribution in [0.5, 0.6) is 11.5 Å². The van der Waals surface area contributed by atoms with Gasteiger partial charge in [0.15, 0.2) is 18.1 Å². The Morgan fingerprint density at radius 2 is 1.85 bits per heavy atom. The number of carbonyl (C=O) groups excluding carboxylic acids is 4. The number of nitro benzene ring substituents is 1. The fourth-order valence-corrected chi connectivity index (χ4v) is 4.00. The van der Waals surface area contributed by atoms with E-state index in [2.05, 4.69) is 10.6 Å². The summed E-state index contributed by atoms with van der Waals surface area (Å²) in [7, 11) is 0. The number of anilines is 2. The summed E-state index contributed by atoms with van der Waals surface area (Å²) >= 11 is 6.10. The molecule has 41 heavy (non-hydrogen) atoms. The second kappa shape index (κ2) is 12.3. The van der Waals surface area contributed by atoms with Gasteiger partial charge in [-0.1, -0.05) is 29.8 Å². The number of non-ortho nitro benzene ring substituents is 1. The number of nitrogens with zero attached hydrogens (tertiary/aromatic N) is 2. The number of barbiturate groups is 1. The standard InChI is InChI=1S/C28H23ClN4O8/c1-3-40-24-12-17(8-10-23(24)41-15-25(34)30-18-9-7-16(2)22(29)13-18)11-21-26(35)31-28(37)32(27(21)36)19-5-4-6-20(14-19)33(38)39/h4-14H,3,15H2,1-2H3,(H,30,34)(H,31,35,37)/b21-11-. The molecule has 13 heteroatoms. The van der Waals surface area contributed by atoms with E-state index in [0.29, 0.717) is 21.2 Å². The number of hydrogen-bond donors (Lipinski definition) is 2. The molecule has 12 nitrogen and oxygen atoms in total. The molecule has 0 aliphatic carbocycles. The molecule has 0 spiro atoms. The fraction of sp³-hybridized carbons (Fsp3) is 0.143. The molecule has 1 aliphatic heterocycles. The van der Waals surface area contributed by atoms with Crippen LogP contribution in [0, 0.1) is 17.0 Å². The lowest BCUT2D eigenvalue weighted by atomic mass is 10.1. The van der Waals surface area contributed by atoms with E-state index in [-0.39, 0.29) is 41.7 Å². The van der Waals surface area contributed by atoms with Crippen molar-refractivity contribution in [2.75, 3.05) is 23.4 Å². The molecule has 1 aliphatic rings. The minimum Gasteiger partial charge on any atom is -0.490 e. The van der Waals surface area contributed by atoms with Crippen LogP contribution in [0.25, 0.3) is 6.08 Å². The van der Waals surface area contributed by atoms with Gasteiger partial charge in [-0.3, -0.25) is 29.8 Å². The first-order chi connectivity index (χ1) is 19.6. The van der Waals surface area contributed by atoms with E-state index in [1.54, 1.807) is 25.1 Å².